The molecule has 25 heavy (non-hydrogen) atoms. The fourth-order valence-corrected chi connectivity index (χ4v) is 3.98. The summed E-state index contributed by atoms with van der Waals surface area (Å²) in [7, 11) is 0. The number of carbonyl (C=O) groups excluding carboxylic acids is 1. The number of nitrogens with zero attached hydrogens (tertiary/aromatic N) is 1. The van der Waals surface area contributed by atoms with Crippen molar-refractivity contribution >= 4 is 38.8 Å². The van der Waals surface area contributed by atoms with Crippen molar-refractivity contribution in [3.05, 3.63) is 83.9 Å². The van der Waals surface area contributed by atoms with Crippen LogP contribution in [-0.4, -0.2) is 5.91 Å². The van der Waals surface area contributed by atoms with Gasteiger partial charge >= 0.3 is 0 Å². The van der Waals surface area contributed by atoms with Gasteiger partial charge in [-0.1, -0.05) is 60.7 Å². The summed E-state index contributed by atoms with van der Waals surface area (Å²) in [4.78, 5) is 14.5. The van der Waals surface area contributed by atoms with Gasteiger partial charge in [0.25, 0.3) is 0 Å². The van der Waals surface area contributed by atoms with Crippen LogP contribution in [0.5, 0.6) is 0 Å². The van der Waals surface area contributed by atoms with Gasteiger partial charge in [0.2, 0.25) is 5.91 Å². The van der Waals surface area contributed by atoms with Gasteiger partial charge in [0.05, 0.1) is 11.4 Å². The van der Waals surface area contributed by atoms with Gasteiger partial charge in [-0.2, -0.15) is 0 Å². The van der Waals surface area contributed by atoms with Gasteiger partial charge in [-0.05, 0) is 39.4 Å². The Labute approximate surface area is 146 Å². The molecule has 2 nitrogen and oxygen atoms in total. The van der Waals surface area contributed by atoms with Crippen molar-refractivity contribution in [2.24, 2.45) is 0 Å². The summed E-state index contributed by atoms with van der Waals surface area (Å²) < 4.78 is 0. The Morgan fingerprint density at radius 3 is 2.24 bits per heavy atom. The number of amides is 1. The minimum Gasteiger partial charge on any atom is -0.280 e. The number of anilines is 2. The van der Waals surface area contributed by atoms with Crippen molar-refractivity contribution in [2.45, 2.75) is 13.3 Å². The van der Waals surface area contributed by atoms with Gasteiger partial charge in [-0.3, -0.25) is 9.69 Å². The second-order valence-electron chi connectivity index (χ2n) is 6.65. The van der Waals surface area contributed by atoms with Crippen LogP contribution >= 0.6 is 0 Å². The minimum absolute atomic E-state index is 0.0498. The second kappa shape index (κ2) is 5.18. The first-order valence-electron chi connectivity index (χ1n) is 8.55. The maximum absolute atomic E-state index is 12.6. The van der Waals surface area contributed by atoms with Crippen LogP contribution in [-0.2, 0) is 11.2 Å². The van der Waals surface area contributed by atoms with Gasteiger partial charge in [-0.15, -0.1) is 0 Å². The highest BCUT2D eigenvalue weighted by molar-refractivity contribution is 6.11. The molecule has 0 N–H and O–H groups in total. The van der Waals surface area contributed by atoms with E-state index in [-0.39, 0.29) is 5.91 Å². The molecular weight excluding hydrogens is 306 g/mol. The highest BCUT2D eigenvalue weighted by Gasteiger charge is 2.27. The second-order valence-corrected chi connectivity index (χ2v) is 6.65. The van der Waals surface area contributed by atoms with Crippen LogP contribution in [0.2, 0.25) is 0 Å². The van der Waals surface area contributed by atoms with Crippen LogP contribution in [0.1, 0.15) is 18.1 Å². The summed E-state index contributed by atoms with van der Waals surface area (Å²) in [6.07, 6.45) is 0.851. The molecule has 4 aromatic rings. The van der Waals surface area contributed by atoms with Crippen LogP contribution in [0.15, 0.2) is 72.8 Å². The van der Waals surface area contributed by atoms with Crippen LogP contribution in [0, 0.1) is 0 Å². The van der Waals surface area contributed by atoms with Crippen LogP contribution in [0.4, 0.5) is 11.4 Å². The third-order valence-corrected chi connectivity index (χ3v) is 5.09. The zero-order chi connectivity index (χ0) is 17.0. The summed E-state index contributed by atoms with van der Waals surface area (Å²) in [6, 6.07) is 25.3. The molecule has 0 atom stereocenters. The maximum atomic E-state index is 12.6. The molecule has 4 aromatic carbocycles. The molecular formula is C23H17NO. The maximum Gasteiger partial charge on any atom is 0.228 e. The Hall–Kier alpha value is -3.13. The summed E-state index contributed by atoms with van der Waals surface area (Å²) >= 11 is 0. The molecule has 0 aromatic heterocycles. The van der Waals surface area contributed by atoms with E-state index in [0.29, 0.717) is 0 Å². The Balaban J connectivity index is 1.86. The van der Waals surface area contributed by atoms with E-state index in [1.165, 1.54) is 16.5 Å². The number of hydrogen-bond acceptors (Lipinski definition) is 1. The number of benzene rings is 4. The Morgan fingerprint density at radius 1 is 0.800 bits per heavy atom. The molecule has 0 radical (unpaired) electrons. The first-order chi connectivity index (χ1) is 12.2. The molecule has 0 fully saturated rings. The summed E-state index contributed by atoms with van der Waals surface area (Å²) in [6.45, 7) is 1.65. The van der Waals surface area contributed by atoms with Crippen molar-refractivity contribution in [3.8, 4) is 0 Å². The third-order valence-electron chi connectivity index (χ3n) is 5.09. The lowest BCUT2D eigenvalue weighted by atomic mass is 9.90. The number of rotatable bonds is 0. The summed E-state index contributed by atoms with van der Waals surface area (Å²) in [5.74, 6) is 0.0498. The fraction of sp³-hybridized carbons (Fsp3) is 0.0870. The quantitative estimate of drug-likeness (QED) is 0.413. The molecule has 1 aliphatic heterocycles. The van der Waals surface area contributed by atoms with E-state index in [0.717, 1.165) is 34.0 Å². The molecule has 0 saturated carbocycles. The standard InChI is InChI=1S/C23H17NO/c1-15(25)24-22-14-18-8-3-2-7-17(18)12-20(22)13-19-11-10-16-6-4-5-9-21(16)23(19)24/h2-12,14H,13H2,1H3. The molecule has 0 bridgehead atoms. The van der Waals surface area contributed by atoms with Crippen molar-refractivity contribution in [1.29, 1.82) is 0 Å². The summed E-state index contributed by atoms with van der Waals surface area (Å²) in [5.41, 5.74) is 4.46. The Kier molecular flexibility index (Phi) is 2.95. The van der Waals surface area contributed by atoms with Gasteiger partial charge in [0.1, 0.15) is 0 Å². The van der Waals surface area contributed by atoms with E-state index in [2.05, 4.69) is 54.6 Å². The smallest absolute Gasteiger partial charge is 0.228 e. The highest BCUT2D eigenvalue weighted by Crippen LogP contribution is 2.44. The zero-order valence-electron chi connectivity index (χ0n) is 14.0. The highest BCUT2D eigenvalue weighted by atomic mass is 16.2. The van der Waals surface area contributed by atoms with Gasteiger partial charge in [0.15, 0.2) is 0 Å². The molecule has 1 amide bonds. The number of fused-ring (bicyclic) bond motifs is 5. The van der Waals surface area contributed by atoms with Crippen molar-refractivity contribution in [1.82, 2.24) is 0 Å². The summed E-state index contributed by atoms with van der Waals surface area (Å²) in [5, 5.41) is 4.68. The van der Waals surface area contributed by atoms with E-state index in [9.17, 15) is 4.79 Å². The van der Waals surface area contributed by atoms with Crippen LogP contribution in [0.25, 0.3) is 21.5 Å². The lowest BCUT2D eigenvalue weighted by Gasteiger charge is -2.32. The number of hydrogen-bond donors (Lipinski definition) is 0. The molecule has 0 unspecified atom stereocenters. The largest absolute Gasteiger partial charge is 0.280 e. The monoisotopic (exact) mass is 323 g/mol. The Morgan fingerprint density at radius 2 is 1.48 bits per heavy atom. The van der Waals surface area contributed by atoms with E-state index in [4.69, 9.17) is 0 Å². The lowest BCUT2D eigenvalue weighted by Crippen LogP contribution is -2.28. The minimum atomic E-state index is 0.0498. The Bertz CT molecular complexity index is 1160. The molecule has 1 heterocycles. The fourth-order valence-electron chi connectivity index (χ4n) is 3.98. The SMILES string of the molecule is CC(=O)N1c2cc3ccccc3cc2Cc2ccc3ccccc3c21. The predicted octanol–water partition coefficient (Wildman–Crippen LogP) is 5.58. The van der Waals surface area contributed by atoms with E-state index < -0.39 is 0 Å². The number of carbonyl (C=O) groups is 1. The van der Waals surface area contributed by atoms with Crippen molar-refractivity contribution < 1.29 is 4.79 Å². The molecule has 2 heteroatoms. The van der Waals surface area contributed by atoms with Crippen LogP contribution < -0.4 is 4.90 Å². The van der Waals surface area contributed by atoms with E-state index >= 15 is 0 Å². The molecule has 1 aliphatic rings. The first kappa shape index (κ1) is 14.2. The van der Waals surface area contributed by atoms with E-state index in [1.807, 2.05) is 23.1 Å². The lowest BCUT2D eigenvalue weighted by molar-refractivity contribution is -0.115. The average molecular weight is 323 g/mol. The van der Waals surface area contributed by atoms with Crippen molar-refractivity contribution in [2.75, 3.05) is 4.90 Å². The van der Waals surface area contributed by atoms with Crippen molar-refractivity contribution in [3.63, 3.8) is 0 Å². The first-order valence-corrected chi connectivity index (χ1v) is 8.55. The van der Waals surface area contributed by atoms with Crippen LogP contribution in [0.3, 0.4) is 0 Å². The van der Waals surface area contributed by atoms with Gasteiger partial charge in [0, 0.05) is 18.7 Å². The third kappa shape index (κ3) is 2.07. The van der Waals surface area contributed by atoms with Gasteiger partial charge < -0.3 is 0 Å². The molecule has 0 spiro atoms. The molecule has 0 saturated heterocycles. The average Bonchev–Trinajstić information content (AvgIpc) is 2.64. The van der Waals surface area contributed by atoms with E-state index in [1.54, 1.807) is 6.92 Å². The topological polar surface area (TPSA) is 20.3 Å². The zero-order valence-corrected chi connectivity index (χ0v) is 14.0. The molecule has 5 rings (SSSR count). The van der Waals surface area contributed by atoms with Gasteiger partial charge in [-0.25, -0.2) is 0 Å². The normalized spacial score (nSPS) is 12.9. The predicted molar refractivity (Wildman–Crippen MR) is 104 cm³/mol. The molecule has 0 aliphatic carbocycles. The molecule has 120 valence electrons.